The molecule has 3 aromatic carbocycles. The number of rotatable bonds is 31. The Labute approximate surface area is 555 Å². The number of nitriles is 1. The number of carbonyl (C=O) groups excluding carboxylic acids is 10. The van der Waals surface area contributed by atoms with Gasteiger partial charge in [-0.1, -0.05) is 109 Å². The maximum absolute atomic E-state index is 14.2. The molecule has 24 heteroatoms. The Morgan fingerprint density at radius 2 is 0.979 bits per heavy atom. The molecule has 94 heavy (non-hydrogen) atoms. The Morgan fingerprint density at radius 3 is 1.43 bits per heavy atom. The summed E-state index contributed by atoms with van der Waals surface area (Å²) in [4.78, 5) is 131. The van der Waals surface area contributed by atoms with Crippen molar-refractivity contribution in [1.82, 2.24) is 0 Å². The van der Waals surface area contributed by atoms with E-state index in [2.05, 4.69) is 18.0 Å². The van der Waals surface area contributed by atoms with Gasteiger partial charge in [0, 0.05) is 41.4 Å². The van der Waals surface area contributed by atoms with Crippen LogP contribution in [0.2, 0.25) is 0 Å². The molecular weight excluding hydrogens is 1250 g/mol. The molecule has 3 aromatic rings. The molecule has 6 rings (SSSR count). The Bertz CT molecular complexity index is 3410. The minimum absolute atomic E-state index is 0.00514. The molecule has 0 saturated heterocycles. The van der Waals surface area contributed by atoms with E-state index in [-0.39, 0.29) is 94.9 Å². The van der Waals surface area contributed by atoms with Crippen LogP contribution >= 0.6 is 23.5 Å². The second-order valence-electron chi connectivity index (χ2n) is 25.6. The van der Waals surface area contributed by atoms with E-state index in [4.69, 9.17) is 53.9 Å². The van der Waals surface area contributed by atoms with Crippen LogP contribution in [-0.2, 0) is 94.8 Å². The smallest absolute Gasteiger partial charge is 0.330 e. The van der Waals surface area contributed by atoms with Gasteiger partial charge in [-0.2, -0.15) is 0 Å². The minimum Gasteiger partial charge on any atom is -0.465 e. The first kappa shape index (κ1) is 74.5. The first-order valence-corrected chi connectivity index (χ1v) is 32.5. The van der Waals surface area contributed by atoms with Gasteiger partial charge in [0.05, 0.1) is 109 Å². The Hall–Kier alpha value is -8.58. The molecule has 0 N–H and O–H groups in total. The highest BCUT2D eigenvalue weighted by molar-refractivity contribution is 8.24. The molecule has 0 unspecified atom stereocenters. The second-order valence-corrected chi connectivity index (χ2v) is 27.9. The molecule has 0 bridgehead atoms. The monoisotopic (exact) mass is 1330 g/mol. The van der Waals surface area contributed by atoms with Gasteiger partial charge in [-0.3, -0.25) is 38.4 Å². The third-order valence-corrected chi connectivity index (χ3v) is 18.0. The number of Topliss-reactive ketones (excluding diaryl/α,β-unsaturated/α-hetero) is 1. The van der Waals surface area contributed by atoms with Crippen molar-refractivity contribution in [3.8, 4) is 29.1 Å². The SMILES string of the molecule is [C-]#[N+]/C(C#N)=C1/Sc2c(OC(=O)C3CCC(C(=O)Oc4ccc(COCC(=O)CCC(=O)OCC(C)(C)COC(=O)C=C)cc4)CC3)cc(C(C)(C)C)c(OC(=O)C3CCC(C(=O)Oc4ccc(CCOC(=O)CCC(=O)OCC(C)(C)COC(=O)C=C)cc4)CC3)c2S1. The number of ether oxygens (including phenoxy) is 10. The number of carbonyl (C=O) groups is 10. The lowest BCUT2D eigenvalue weighted by Gasteiger charge is -2.29. The molecule has 2 saturated carbocycles. The lowest BCUT2D eigenvalue weighted by atomic mass is 9.82. The van der Waals surface area contributed by atoms with Crippen molar-refractivity contribution in [2.75, 3.05) is 39.6 Å². The molecule has 3 aliphatic rings. The summed E-state index contributed by atoms with van der Waals surface area (Å²) >= 11 is 2.16. The van der Waals surface area contributed by atoms with Gasteiger partial charge in [-0.05, 0) is 98.2 Å². The van der Waals surface area contributed by atoms with E-state index < -0.39 is 93.6 Å². The van der Waals surface area contributed by atoms with E-state index in [1.54, 1.807) is 82.3 Å². The summed E-state index contributed by atoms with van der Waals surface area (Å²) in [7, 11) is 0. The summed E-state index contributed by atoms with van der Waals surface area (Å²) in [5, 5.41) is 9.91. The lowest BCUT2D eigenvalue weighted by molar-refractivity contribution is -0.154. The number of thioether (sulfide) groups is 2. The van der Waals surface area contributed by atoms with Crippen molar-refractivity contribution in [2.24, 2.45) is 34.5 Å². The first-order valence-electron chi connectivity index (χ1n) is 30.9. The molecule has 0 atom stereocenters. The van der Waals surface area contributed by atoms with Gasteiger partial charge < -0.3 is 47.4 Å². The van der Waals surface area contributed by atoms with E-state index in [0.717, 1.165) is 41.2 Å². The number of ketones is 1. The third-order valence-electron chi connectivity index (χ3n) is 15.4. The maximum Gasteiger partial charge on any atom is 0.330 e. The zero-order valence-electron chi connectivity index (χ0n) is 54.1. The van der Waals surface area contributed by atoms with Crippen molar-refractivity contribution in [3.05, 3.63) is 118 Å². The fourth-order valence-electron chi connectivity index (χ4n) is 9.81. The average Bonchev–Trinajstić information content (AvgIpc) is 1.52. The van der Waals surface area contributed by atoms with Crippen LogP contribution in [0.5, 0.6) is 23.0 Å². The highest BCUT2D eigenvalue weighted by Gasteiger charge is 2.40. The van der Waals surface area contributed by atoms with Crippen LogP contribution in [0.25, 0.3) is 4.85 Å². The number of benzene rings is 3. The summed E-state index contributed by atoms with van der Waals surface area (Å²) in [6.07, 6.45) is 4.62. The summed E-state index contributed by atoms with van der Waals surface area (Å²) in [6.45, 7) is 27.1. The Morgan fingerprint density at radius 1 is 0.564 bits per heavy atom. The van der Waals surface area contributed by atoms with Crippen LogP contribution in [0.15, 0.2) is 99.6 Å². The number of esters is 9. The molecule has 0 amide bonds. The predicted molar refractivity (Wildman–Crippen MR) is 342 cm³/mol. The van der Waals surface area contributed by atoms with Crippen molar-refractivity contribution in [1.29, 1.82) is 5.26 Å². The van der Waals surface area contributed by atoms with E-state index in [0.29, 0.717) is 94.4 Å². The van der Waals surface area contributed by atoms with Crippen molar-refractivity contribution < 1.29 is 95.3 Å². The van der Waals surface area contributed by atoms with Crippen LogP contribution in [0.4, 0.5) is 0 Å². The molecule has 22 nitrogen and oxygen atoms in total. The topological polar surface area (TPSA) is 291 Å². The zero-order chi connectivity index (χ0) is 68.8. The molecule has 0 aromatic heterocycles. The van der Waals surface area contributed by atoms with Gasteiger partial charge in [-0.15, -0.1) is 0 Å². The van der Waals surface area contributed by atoms with Crippen LogP contribution in [0.1, 0.15) is 142 Å². The molecule has 1 aliphatic heterocycles. The van der Waals surface area contributed by atoms with Gasteiger partial charge in [0.1, 0.15) is 29.6 Å². The van der Waals surface area contributed by atoms with Gasteiger partial charge in [0.15, 0.2) is 5.78 Å². The van der Waals surface area contributed by atoms with Crippen molar-refractivity contribution >= 4 is 83.0 Å². The number of allylic oxidation sites excluding steroid dienone is 1. The van der Waals surface area contributed by atoms with Crippen LogP contribution in [0.3, 0.4) is 0 Å². The van der Waals surface area contributed by atoms with E-state index >= 15 is 0 Å². The highest BCUT2D eigenvalue weighted by Crippen LogP contribution is 2.61. The van der Waals surface area contributed by atoms with E-state index in [1.165, 1.54) is 0 Å². The number of hydrogen-bond acceptors (Lipinski definition) is 23. The summed E-state index contributed by atoms with van der Waals surface area (Å²) in [5.41, 5.74) is -0.0650. The summed E-state index contributed by atoms with van der Waals surface area (Å²) in [5.74, 6) is -6.23. The fraction of sp³-hybridized carbons (Fsp3) is 0.486. The Kier molecular flexibility index (Phi) is 27.8. The minimum atomic E-state index is -0.681. The largest absolute Gasteiger partial charge is 0.465 e. The van der Waals surface area contributed by atoms with Gasteiger partial charge >= 0.3 is 53.7 Å². The molecule has 502 valence electrons. The number of nitrogens with zero attached hydrogens (tertiary/aromatic N) is 2. The quantitative estimate of drug-likeness (QED) is 0.0144. The predicted octanol–water partition coefficient (Wildman–Crippen LogP) is 11.8. The summed E-state index contributed by atoms with van der Waals surface area (Å²) in [6, 6.07) is 17.0. The van der Waals surface area contributed by atoms with E-state index in [9.17, 15) is 53.2 Å². The number of hydrogen-bond donors (Lipinski definition) is 0. The average molecular weight is 1330 g/mol. The van der Waals surface area contributed by atoms with Crippen molar-refractivity contribution in [2.45, 2.75) is 154 Å². The Balaban J connectivity index is 0.948. The lowest BCUT2D eigenvalue weighted by Crippen LogP contribution is -2.31. The molecule has 2 fully saturated rings. The van der Waals surface area contributed by atoms with Gasteiger partial charge in [0.25, 0.3) is 5.70 Å². The third kappa shape index (κ3) is 23.5. The highest BCUT2D eigenvalue weighted by atomic mass is 32.2. The molecule has 2 aliphatic carbocycles. The normalized spacial score (nSPS) is 17.4. The molecule has 1 heterocycles. The standard InChI is InChI=1S/C70H80N2O20S2/c1-11-55(74)85-39-69(6,7)41-87-58(77)30-25-49(73)38-83-37-44-15-28-51(29-16-44)90-64(80)45-17-21-47(22-18-45)65(81)91-54-35-52(68(3,4)5)60(62-61(54)93-67(94-62)53(36-71)72-10)92-66(82)48-23-19-46(20-24-48)63(79)89-50-26-13-43(14-27-50)33-34-84-57(76)31-32-59(78)88-42-70(8,9)40-86-56(75)12-2/h11-16,26-29,35,45-48H,1-2,17-25,30-34,37-42H2,3-9H3/b67-53-. The van der Waals surface area contributed by atoms with Crippen LogP contribution in [-0.4, -0.2) is 99.1 Å². The summed E-state index contributed by atoms with van der Waals surface area (Å²) < 4.78 is 55.7. The molecule has 0 spiro atoms. The maximum atomic E-state index is 14.2. The van der Waals surface area contributed by atoms with Crippen LogP contribution < -0.4 is 18.9 Å². The van der Waals surface area contributed by atoms with Crippen molar-refractivity contribution in [3.63, 3.8) is 0 Å². The van der Waals surface area contributed by atoms with Gasteiger partial charge in [0.2, 0.25) is 0 Å². The zero-order valence-corrected chi connectivity index (χ0v) is 55.7. The molecular formula is C70H80N2O20S2. The number of fused-ring (bicyclic) bond motifs is 1. The second kappa shape index (κ2) is 35.1. The van der Waals surface area contributed by atoms with Crippen LogP contribution in [0, 0.1) is 52.4 Å². The van der Waals surface area contributed by atoms with E-state index in [1.807, 2.05) is 26.8 Å². The first-order chi connectivity index (χ1) is 44.6. The van der Waals surface area contributed by atoms with Gasteiger partial charge in [-0.25, -0.2) is 19.7 Å². The fourth-order valence-corrected chi connectivity index (χ4v) is 12.3. The molecule has 0 radical (unpaired) electrons.